The number of aromatic hydroxyl groups is 1. The zero-order valence-electron chi connectivity index (χ0n) is 22.8. The van der Waals surface area contributed by atoms with Crippen LogP contribution in [0.15, 0.2) is 23.0 Å². The summed E-state index contributed by atoms with van der Waals surface area (Å²) in [5.41, 5.74) is 1.34. The normalized spacial score (nSPS) is 27.0. The Bertz CT molecular complexity index is 1330. The molecule has 0 heterocycles. The predicted octanol–water partition coefficient (Wildman–Crippen LogP) is 1.42. The number of carbonyl (C=O) groups excluding carboxylic acids is 3. The molecule has 0 spiro atoms. The van der Waals surface area contributed by atoms with E-state index in [0.29, 0.717) is 19.4 Å². The van der Waals surface area contributed by atoms with Crippen LogP contribution < -0.4 is 11.1 Å². The van der Waals surface area contributed by atoms with Crippen LogP contribution in [0.5, 0.6) is 5.75 Å². The monoisotopic (exact) mass is 545 g/mol. The average molecular weight is 546 g/mol. The second kappa shape index (κ2) is 9.72. The van der Waals surface area contributed by atoms with Gasteiger partial charge >= 0.3 is 0 Å². The molecule has 1 amide bonds. The van der Waals surface area contributed by atoms with E-state index in [9.17, 15) is 34.8 Å². The number of fused-ring (bicyclic) bond motifs is 3. The highest BCUT2D eigenvalue weighted by Crippen LogP contribution is 2.53. The zero-order chi connectivity index (χ0) is 29.2. The first-order chi connectivity index (χ1) is 18.0. The van der Waals surface area contributed by atoms with Crippen molar-refractivity contribution in [2.45, 2.75) is 63.6 Å². The van der Waals surface area contributed by atoms with E-state index in [1.807, 2.05) is 20.8 Å². The van der Waals surface area contributed by atoms with E-state index < -0.39 is 63.9 Å². The van der Waals surface area contributed by atoms with E-state index in [-0.39, 0.29) is 46.4 Å². The van der Waals surface area contributed by atoms with Crippen LogP contribution in [-0.2, 0) is 27.2 Å². The number of rotatable bonds is 6. The fraction of sp³-hybridized carbons (Fsp3) is 0.536. The molecule has 0 radical (unpaired) electrons. The molecule has 0 saturated heterocycles. The molecule has 0 unspecified atom stereocenters. The minimum atomic E-state index is -2.73. The van der Waals surface area contributed by atoms with Gasteiger partial charge in [0.1, 0.15) is 28.7 Å². The lowest BCUT2D eigenvalue weighted by atomic mass is 9.57. The van der Waals surface area contributed by atoms with Crippen molar-refractivity contribution in [1.82, 2.24) is 10.2 Å². The van der Waals surface area contributed by atoms with Crippen LogP contribution >= 0.6 is 0 Å². The molecule has 39 heavy (non-hydrogen) atoms. The van der Waals surface area contributed by atoms with Crippen LogP contribution in [0.3, 0.4) is 0 Å². The van der Waals surface area contributed by atoms with Crippen LogP contribution in [-0.4, -0.2) is 80.6 Å². The first-order valence-electron chi connectivity index (χ1n) is 12.9. The summed E-state index contributed by atoms with van der Waals surface area (Å²) < 4.78 is 15.4. The Morgan fingerprint density at radius 3 is 2.44 bits per heavy atom. The van der Waals surface area contributed by atoms with Gasteiger partial charge in [-0.15, -0.1) is 0 Å². The van der Waals surface area contributed by atoms with Gasteiger partial charge in [0.2, 0.25) is 5.78 Å². The summed E-state index contributed by atoms with van der Waals surface area (Å²) in [4.78, 5) is 40.4. The average Bonchev–Trinajstić information content (AvgIpc) is 2.81. The molecule has 1 fully saturated rings. The molecule has 3 aliphatic carbocycles. The number of carbonyl (C=O) groups is 3. The maximum atomic E-state index is 15.4. The van der Waals surface area contributed by atoms with Gasteiger partial charge in [0.15, 0.2) is 11.4 Å². The smallest absolute Gasteiger partial charge is 0.255 e. The number of benzene rings is 1. The Kier molecular flexibility index (Phi) is 7.16. The van der Waals surface area contributed by atoms with Crippen molar-refractivity contribution in [3.63, 3.8) is 0 Å². The van der Waals surface area contributed by atoms with Crippen LogP contribution in [0.2, 0.25) is 0 Å². The second-order valence-corrected chi connectivity index (χ2v) is 12.0. The Balaban J connectivity index is 1.81. The summed E-state index contributed by atoms with van der Waals surface area (Å²) in [5, 5.41) is 48.1. The Labute approximate surface area is 226 Å². The number of aryl methyl sites for hydroxylation is 1. The summed E-state index contributed by atoms with van der Waals surface area (Å²) in [6, 6.07) is 0.0371. The lowest BCUT2D eigenvalue weighted by Crippen LogP contribution is -2.65. The van der Waals surface area contributed by atoms with Crippen LogP contribution in [0, 0.1) is 17.7 Å². The molecule has 7 N–H and O–H groups in total. The van der Waals surface area contributed by atoms with Crippen LogP contribution in [0.4, 0.5) is 4.39 Å². The number of phenols is 1. The summed E-state index contributed by atoms with van der Waals surface area (Å²) in [7, 11) is 3.04. The molecule has 4 rings (SSSR count). The summed E-state index contributed by atoms with van der Waals surface area (Å²) in [6.07, 6.45) is 0.688. The number of aliphatic hydroxyl groups is 3. The van der Waals surface area contributed by atoms with Crippen molar-refractivity contribution >= 4 is 23.2 Å². The molecule has 10 nitrogen and oxygen atoms in total. The number of aliphatic hydroxyl groups excluding tert-OH is 2. The maximum Gasteiger partial charge on any atom is 0.255 e. The number of amides is 1. The lowest BCUT2D eigenvalue weighted by molar-refractivity contribution is -0.153. The van der Waals surface area contributed by atoms with Crippen molar-refractivity contribution in [3.8, 4) is 5.75 Å². The minimum Gasteiger partial charge on any atom is -0.508 e. The van der Waals surface area contributed by atoms with Crippen molar-refractivity contribution < 1.29 is 39.2 Å². The molecule has 0 aliphatic heterocycles. The topological polar surface area (TPSA) is 173 Å². The number of nitrogens with two attached hydrogens (primary N) is 1. The highest BCUT2D eigenvalue weighted by atomic mass is 19.1. The zero-order valence-corrected chi connectivity index (χ0v) is 22.8. The fourth-order valence-corrected chi connectivity index (χ4v) is 6.25. The predicted molar refractivity (Wildman–Crippen MR) is 140 cm³/mol. The van der Waals surface area contributed by atoms with Gasteiger partial charge in [-0.05, 0) is 84.6 Å². The van der Waals surface area contributed by atoms with E-state index in [1.54, 1.807) is 0 Å². The number of likely N-dealkylation sites (N-methyl/N-ethyl adjacent to an activating group) is 1. The SMILES string of the molecule is CN(C)[C@@H]1C(=O)C(C(N)=O)=C(O)[C@@]2(O)C(=O)C3=C(O)c4c(O)c(CCCNC(C)(C)C)cc(F)c4C[C@H]3C[C@@H]12. The molecule has 0 aromatic heterocycles. The first-order valence-corrected chi connectivity index (χ1v) is 12.9. The Morgan fingerprint density at radius 2 is 1.87 bits per heavy atom. The van der Waals surface area contributed by atoms with Crippen molar-refractivity contribution in [2.75, 3.05) is 20.6 Å². The van der Waals surface area contributed by atoms with Gasteiger partial charge in [-0.1, -0.05) is 0 Å². The number of nitrogens with one attached hydrogen (secondary N) is 1. The van der Waals surface area contributed by atoms with E-state index >= 15 is 4.39 Å². The van der Waals surface area contributed by atoms with Gasteiger partial charge in [0.05, 0.1) is 11.6 Å². The third-order valence-corrected chi connectivity index (χ3v) is 8.02. The molecule has 11 heteroatoms. The minimum absolute atomic E-state index is 0.0229. The number of hydrogen-bond donors (Lipinski definition) is 6. The molecule has 1 aromatic rings. The summed E-state index contributed by atoms with van der Waals surface area (Å²) in [5.74, 6) is -8.16. The van der Waals surface area contributed by atoms with Gasteiger partial charge in [-0.2, -0.15) is 0 Å². The number of primary amides is 1. The standard InChI is InChI=1S/C28H36FN3O7/c1-27(2,3)31-8-6-7-12-11-16(29)14-9-13-10-15-20(32(4)5)23(35)19(26(30)38)25(37)28(15,39)24(36)17(13)22(34)18(14)21(12)33/h11,13,15,20,31,33-34,37,39H,6-10H2,1-5H3,(H2,30,38)/t13-,15-,20-,28-/m0/s1. The largest absolute Gasteiger partial charge is 0.508 e. The van der Waals surface area contributed by atoms with Crippen LogP contribution in [0.1, 0.15) is 50.3 Å². The summed E-state index contributed by atoms with van der Waals surface area (Å²) >= 11 is 0. The molecule has 0 bridgehead atoms. The molecular weight excluding hydrogens is 509 g/mol. The van der Waals surface area contributed by atoms with Gasteiger partial charge in [-0.3, -0.25) is 19.3 Å². The number of Topliss-reactive ketones (excluding diaryl/α,β-unsaturated/α-hetero) is 2. The fourth-order valence-electron chi connectivity index (χ4n) is 6.25. The quantitative estimate of drug-likeness (QED) is 0.228. The maximum absolute atomic E-state index is 15.4. The third kappa shape index (κ3) is 4.52. The number of hydrogen-bond acceptors (Lipinski definition) is 9. The first kappa shape index (κ1) is 28.7. The number of phenolic OH excluding ortho intramolecular Hbond substituents is 1. The summed E-state index contributed by atoms with van der Waals surface area (Å²) in [6.45, 7) is 6.62. The Hall–Kier alpha value is -3.28. The van der Waals surface area contributed by atoms with Gasteiger partial charge in [-0.25, -0.2) is 4.39 Å². The molecule has 1 aromatic carbocycles. The van der Waals surface area contributed by atoms with E-state index in [2.05, 4.69) is 5.32 Å². The highest BCUT2D eigenvalue weighted by molar-refractivity contribution is 6.24. The molecule has 1 saturated carbocycles. The second-order valence-electron chi connectivity index (χ2n) is 12.0. The van der Waals surface area contributed by atoms with E-state index in [0.717, 1.165) is 0 Å². The van der Waals surface area contributed by atoms with Gasteiger partial charge in [0.25, 0.3) is 5.91 Å². The molecular formula is C28H36FN3O7. The van der Waals surface area contributed by atoms with E-state index in [1.165, 1.54) is 25.1 Å². The third-order valence-electron chi connectivity index (χ3n) is 8.02. The van der Waals surface area contributed by atoms with Gasteiger partial charge < -0.3 is 31.5 Å². The number of ketones is 2. The molecule has 4 atom stereocenters. The number of halogens is 1. The van der Waals surface area contributed by atoms with Crippen molar-refractivity contribution in [1.29, 1.82) is 0 Å². The van der Waals surface area contributed by atoms with Crippen molar-refractivity contribution in [3.05, 3.63) is 45.5 Å². The highest BCUT2D eigenvalue weighted by Gasteiger charge is 2.64. The van der Waals surface area contributed by atoms with E-state index in [4.69, 9.17) is 5.73 Å². The Morgan fingerprint density at radius 1 is 1.23 bits per heavy atom. The van der Waals surface area contributed by atoms with Gasteiger partial charge in [0, 0.05) is 22.6 Å². The lowest BCUT2D eigenvalue weighted by Gasteiger charge is -2.50. The van der Waals surface area contributed by atoms with Crippen molar-refractivity contribution in [2.24, 2.45) is 17.6 Å². The van der Waals surface area contributed by atoms with Crippen LogP contribution in [0.25, 0.3) is 5.76 Å². The molecule has 3 aliphatic rings. The number of nitrogens with zero attached hydrogens (tertiary/aromatic N) is 1. The molecule has 212 valence electrons.